The molecular weight excluding hydrogens is 304 g/mol. The second-order valence-electron chi connectivity index (χ2n) is 6.42. The van der Waals surface area contributed by atoms with Gasteiger partial charge in [-0.15, -0.1) is 0 Å². The molecule has 0 saturated carbocycles. The molecule has 0 heterocycles. The molecule has 0 bridgehead atoms. The van der Waals surface area contributed by atoms with Gasteiger partial charge in [0.1, 0.15) is 11.4 Å². The fourth-order valence-corrected chi connectivity index (χ4v) is 2.12. The summed E-state index contributed by atoms with van der Waals surface area (Å²) in [6.07, 6.45) is 2.50. The molecule has 24 heavy (non-hydrogen) atoms. The summed E-state index contributed by atoms with van der Waals surface area (Å²) in [5, 5.41) is 2.93. The molecule has 0 unspecified atom stereocenters. The average Bonchev–Trinajstić information content (AvgIpc) is 2.57. The number of amides is 1. The van der Waals surface area contributed by atoms with Crippen molar-refractivity contribution in [3.05, 3.63) is 24.3 Å². The third kappa shape index (κ3) is 6.89. The SMILES string of the molecule is CCCO[C@](C)(CC)C(=O)Nc1ccc(OCCCN(C)C)cc1. The van der Waals surface area contributed by atoms with E-state index < -0.39 is 5.60 Å². The van der Waals surface area contributed by atoms with Crippen LogP contribution >= 0.6 is 0 Å². The van der Waals surface area contributed by atoms with Crippen LogP contribution in [-0.2, 0) is 9.53 Å². The van der Waals surface area contributed by atoms with E-state index in [1.54, 1.807) is 0 Å². The summed E-state index contributed by atoms with van der Waals surface area (Å²) in [6, 6.07) is 7.47. The summed E-state index contributed by atoms with van der Waals surface area (Å²) in [6.45, 7) is 8.09. The molecular formula is C19H32N2O3. The van der Waals surface area contributed by atoms with E-state index in [9.17, 15) is 4.79 Å². The fraction of sp³-hybridized carbons (Fsp3) is 0.632. The minimum absolute atomic E-state index is 0.113. The molecule has 5 heteroatoms. The largest absolute Gasteiger partial charge is 0.494 e. The van der Waals surface area contributed by atoms with Gasteiger partial charge in [0.05, 0.1) is 6.61 Å². The van der Waals surface area contributed by atoms with Gasteiger partial charge in [-0.2, -0.15) is 0 Å². The van der Waals surface area contributed by atoms with Crippen molar-refractivity contribution in [2.24, 2.45) is 0 Å². The Kier molecular flexibility index (Phi) is 8.79. The lowest BCUT2D eigenvalue weighted by Gasteiger charge is -2.27. The number of ether oxygens (including phenoxy) is 2. The van der Waals surface area contributed by atoms with Crippen LogP contribution in [0.25, 0.3) is 0 Å². The summed E-state index contributed by atoms with van der Waals surface area (Å²) in [5.74, 6) is 0.699. The monoisotopic (exact) mass is 336 g/mol. The number of benzene rings is 1. The Morgan fingerprint density at radius 1 is 1.17 bits per heavy atom. The first kappa shape index (κ1) is 20.5. The van der Waals surface area contributed by atoms with Crippen molar-refractivity contribution in [3.63, 3.8) is 0 Å². The molecule has 1 rings (SSSR count). The van der Waals surface area contributed by atoms with E-state index >= 15 is 0 Å². The molecule has 0 aromatic heterocycles. The smallest absolute Gasteiger partial charge is 0.256 e. The first-order valence-electron chi connectivity index (χ1n) is 8.74. The highest BCUT2D eigenvalue weighted by atomic mass is 16.5. The van der Waals surface area contributed by atoms with Gasteiger partial charge in [0, 0.05) is 18.8 Å². The normalized spacial score (nSPS) is 13.6. The van der Waals surface area contributed by atoms with Crippen LogP contribution in [0.15, 0.2) is 24.3 Å². The van der Waals surface area contributed by atoms with Crippen molar-refractivity contribution in [2.75, 3.05) is 39.2 Å². The maximum absolute atomic E-state index is 12.5. The van der Waals surface area contributed by atoms with E-state index in [4.69, 9.17) is 9.47 Å². The molecule has 0 saturated heterocycles. The van der Waals surface area contributed by atoms with E-state index in [1.165, 1.54) is 0 Å². The zero-order valence-electron chi connectivity index (χ0n) is 15.7. The van der Waals surface area contributed by atoms with E-state index in [-0.39, 0.29) is 5.91 Å². The maximum Gasteiger partial charge on any atom is 0.256 e. The van der Waals surface area contributed by atoms with Gasteiger partial charge >= 0.3 is 0 Å². The molecule has 1 atom stereocenters. The van der Waals surface area contributed by atoms with Gasteiger partial charge in [-0.3, -0.25) is 4.79 Å². The van der Waals surface area contributed by atoms with Crippen molar-refractivity contribution in [2.45, 2.75) is 45.6 Å². The molecule has 0 spiro atoms. The second kappa shape index (κ2) is 10.3. The lowest BCUT2D eigenvalue weighted by molar-refractivity contribution is -0.139. The third-order valence-corrected chi connectivity index (χ3v) is 3.91. The highest BCUT2D eigenvalue weighted by molar-refractivity contribution is 5.97. The highest BCUT2D eigenvalue weighted by Crippen LogP contribution is 2.21. The number of rotatable bonds is 11. The van der Waals surface area contributed by atoms with E-state index in [1.807, 2.05) is 59.1 Å². The van der Waals surface area contributed by atoms with Gasteiger partial charge in [-0.25, -0.2) is 0 Å². The zero-order chi connectivity index (χ0) is 18.0. The molecule has 0 fully saturated rings. The van der Waals surface area contributed by atoms with Crippen molar-refractivity contribution < 1.29 is 14.3 Å². The summed E-state index contributed by atoms with van der Waals surface area (Å²) >= 11 is 0. The zero-order valence-corrected chi connectivity index (χ0v) is 15.7. The molecule has 1 N–H and O–H groups in total. The highest BCUT2D eigenvalue weighted by Gasteiger charge is 2.32. The lowest BCUT2D eigenvalue weighted by atomic mass is 10.0. The Morgan fingerprint density at radius 2 is 1.83 bits per heavy atom. The summed E-state index contributed by atoms with van der Waals surface area (Å²) < 4.78 is 11.4. The molecule has 136 valence electrons. The number of nitrogens with one attached hydrogen (secondary N) is 1. The fourth-order valence-electron chi connectivity index (χ4n) is 2.12. The molecule has 5 nitrogen and oxygen atoms in total. The summed E-state index contributed by atoms with van der Waals surface area (Å²) in [7, 11) is 4.09. The quantitative estimate of drug-likeness (QED) is 0.628. The maximum atomic E-state index is 12.5. The van der Waals surface area contributed by atoms with Crippen molar-refractivity contribution >= 4 is 11.6 Å². The summed E-state index contributed by atoms with van der Waals surface area (Å²) in [4.78, 5) is 14.6. The predicted molar refractivity (Wildman–Crippen MR) is 98.7 cm³/mol. The second-order valence-corrected chi connectivity index (χ2v) is 6.42. The molecule has 1 aromatic carbocycles. The Balaban J connectivity index is 2.52. The minimum Gasteiger partial charge on any atom is -0.494 e. The van der Waals surface area contributed by atoms with Crippen molar-refractivity contribution in [3.8, 4) is 5.75 Å². The Hall–Kier alpha value is -1.59. The number of carbonyl (C=O) groups is 1. The number of hydrogen-bond donors (Lipinski definition) is 1. The van der Waals surface area contributed by atoms with Crippen LogP contribution in [0.2, 0.25) is 0 Å². The molecule has 1 amide bonds. The molecule has 0 aliphatic rings. The minimum atomic E-state index is -0.794. The van der Waals surface area contributed by atoms with Crippen LogP contribution in [0.1, 0.15) is 40.0 Å². The van der Waals surface area contributed by atoms with Crippen LogP contribution in [-0.4, -0.2) is 50.3 Å². The standard InChI is InChI=1S/C19H32N2O3/c1-6-14-24-19(3,7-2)18(22)20-16-9-11-17(12-10-16)23-15-8-13-21(4)5/h9-12H,6-8,13-15H2,1-5H3,(H,20,22)/t19-/m1/s1. The Labute approximate surface area is 146 Å². The predicted octanol–water partition coefficient (Wildman–Crippen LogP) is 3.55. The number of hydrogen-bond acceptors (Lipinski definition) is 4. The van der Waals surface area contributed by atoms with Crippen LogP contribution in [0.3, 0.4) is 0 Å². The number of carbonyl (C=O) groups excluding carboxylic acids is 1. The molecule has 1 aromatic rings. The van der Waals surface area contributed by atoms with Gasteiger partial charge in [0.2, 0.25) is 0 Å². The number of nitrogens with zero attached hydrogens (tertiary/aromatic N) is 1. The van der Waals surface area contributed by atoms with Crippen molar-refractivity contribution in [1.82, 2.24) is 4.90 Å². The van der Waals surface area contributed by atoms with Gasteiger partial charge in [0.25, 0.3) is 5.91 Å². The van der Waals surface area contributed by atoms with Crippen LogP contribution in [0.4, 0.5) is 5.69 Å². The number of anilines is 1. The Bertz CT molecular complexity index is 488. The summed E-state index contributed by atoms with van der Waals surface area (Å²) in [5.41, 5.74) is -0.0439. The molecule has 0 radical (unpaired) electrons. The van der Waals surface area contributed by atoms with E-state index in [2.05, 4.69) is 10.2 Å². The van der Waals surface area contributed by atoms with Gasteiger partial charge < -0.3 is 19.7 Å². The van der Waals surface area contributed by atoms with E-state index in [0.29, 0.717) is 19.6 Å². The molecule has 0 aliphatic carbocycles. The van der Waals surface area contributed by atoms with Crippen LogP contribution < -0.4 is 10.1 Å². The molecule has 0 aliphatic heterocycles. The van der Waals surface area contributed by atoms with E-state index in [0.717, 1.165) is 30.8 Å². The van der Waals surface area contributed by atoms with Gasteiger partial charge in [-0.1, -0.05) is 13.8 Å². The third-order valence-electron chi connectivity index (χ3n) is 3.91. The first-order chi connectivity index (χ1) is 11.4. The van der Waals surface area contributed by atoms with Gasteiger partial charge in [0.15, 0.2) is 0 Å². The lowest BCUT2D eigenvalue weighted by Crippen LogP contribution is -2.42. The van der Waals surface area contributed by atoms with Crippen molar-refractivity contribution in [1.29, 1.82) is 0 Å². The Morgan fingerprint density at radius 3 is 2.38 bits per heavy atom. The van der Waals surface area contributed by atoms with Gasteiger partial charge in [-0.05, 0) is 64.5 Å². The van der Waals surface area contributed by atoms with Crippen LogP contribution in [0.5, 0.6) is 5.75 Å². The first-order valence-corrected chi connectivity index (χ1v) is 8.74. The topological polar surface area (TPSA) is 50.8 Å². The average molecular weight is 336 g/mol. The van der Waals surface area contributed by atoms with Crippen LogP contribution in [0, 0.1) is 0 Å².